The molecule has 7 aromatic carbocycles. The monoisotopic (exact) mass is 729 g/mol. The number of hydrogen-bond donors (Lipinski definition) is 0. The zero-order valence-corrected chi connectivity index (χ0v) is 30.5. The summed E-state index contributed by atoms with van der Waals surface area (Å²) in [5.41, 5.74) is 11.2. The van der Waals surface area contributed by atoms with Gasteiger partial charge in [0.1, 0.15) is 5.65 Å². The fraction of sp³-hybridized carbons (Fsp3) is 0. The van der Waals surface area contributed by atoms with Crippen molar-refractivity contribution in [3.05, 3.63) is 188 Å². The van der Waals surface area contributed by atoms with Crippen LogP contribution >= 0.6 is 0 Å². The lowest BCUT2D eigenvalue weighted by atomic mass is 10.1. The maximum absolute atomic E-state index is 5.55. The summed E-state index contributed by atoms with van der Waals surface area (Å²) in [5.74, 6) is 1.81. The Morgan fingerprint density at radius 3 is 1.46 bits per heavy atom. The molecule has 0 fully saturated rings. The van der Waals surface area contributed by atoms with E-state index in [0.717, 1.165) is 88.2 Å². The summed E-state index contributed by atoms with van der Waals surface area (Å²) >= 11 is 0. The van der Waals surface area contributed by atoms with E-state index < -0.39 is 0 Å². The van der Waals surface area contributed by atoms with Crippen LogP contribution < -0.4 is 0 Å². The van der Waals surface area contributed by atoms with Crippen molar-refractivity contribution in [2.24, 2.45) is 0 Å². The van der Waals surface area contributed by atoms with Crippen molar-refractivity contribution in [2.45, 2.75) is 0 Å². The number of aromatic nitrogens is 7. The molecule has 0 spiro atoms. The lowest BCUT2D eigenvalue weighted by molar-refractivity contribution is 0.953. The van der Waals surface area contributed by atoms with Gasteiger partial charge in [-0.3, -0.25) is 9.13 Å². The van der Waals surface area contributed by atoms with E-state index in [1.54, 1.807) is 0 Å². The molecular formula is C50H31N7. The highest BCUT2D eigenvalue weighted by atomic mass is 15.2. The van der Waals surface area contributed by atoms with Crippen molar-refractivity contribution >= 4 is 65.7 Å². The highest BCUT2D eigenvalue weighted by Gasteiger charge is 2.22. The Labute approximate surface area is 326 Å². The van der Waals surface area contributed by atoms with Crippen molar-refractivity contribution < 1.29 is 0 Å². The first-order valence-electron chi connectivity index (χ1n) is 19.1. The van der Waals surface area contributed by atoms with E-state index in [9.17, 15) is 0 Å². The number of para-hydroxylation sites is 4. The van der Waals surface area contributed by atoms with E-state index in [1.165, 1.54) is 0 Å². The van der Waals surface area contributed by atoms with E-state index in [4.69, 9.17) is 19.9 Å². The molecule has 0 N–H and O–H groups in total. The molecule has 0 amide bonds. The number of fused-ring (bicyclic) bond motifs is 9. The Bertz CT molecular complexity index is 3450. The Morgan fingerprint density at radius 2 is 0.807 bits per heavy atom. The molecule has 0 saturated heterocycles. The molecule has 0 aliphatic carbocycles. The van der Waals surface area contributed by atoms with Gasteiger partial charge in [-0.25, -0.2) is 9.97 Å². The topological polar surface area (TPSA) is 66.3 Å². The molecule has 0 radical (unpaired) electrons. The molecule has 0 aliphatic rings. The van der Waals surface area contributed by atoms with Gasteiger partial charge in [0.05, 0.1) is 33.1 Å². The molecule has 0 aliphatic heterocycles. The molecular weight excluding hydrogens is 699 g/mol. The van der Waals surface area contributed by atoms with Gasteiger partial charge in [0, 0.05) is 49.4 Å². The Balaban J connectivity index is 1.12. The predicted molar refractivity (Wildman–Crippen MR) is 232 cm³/mol. The normalized spacial score (nSPS) is 11.9. The highest BCUT2D eigenvalue weighted by Crippen LogP contribution is 2.39. The molecule has 0 saturated carbocycles. The summed E-state index contributed by atoms with van der Waals surface area (Å²) in [6.45, 7) is 0. The zero-order chi connectivity index (χ0) is 37.5. The average molecular weight is 730 g/mol. The van der Waals surface area contributed by atoms with Gasteiger partial charge < -0.3 is 4.57 Å². The van der Waals surface area contributed by atoms with Gasteiger partial charge in [-0.1, -0.05) is 133 Å². The third kappa shape index (κ3) is 4.79. The maximum Gasteiger partial charge on any atom is 0.238 e. The van der Waals surface area contributed by atoms with E-state index in [2.05, 4.69) is 141 Å². The van der Waals surface area contributed by atoms with Gasteiger partial charge >= 0.3 is 0 Å². The molecule has 12 rings (SSSR count). The summed E-state index contributed by atoms with van der Waals surface area (Å²) in [7, 11) is 0. The Kier molecular flexibility index (Phi) is 6.79. The van der Waals surface area contributed by atoms with Crippen LogP contribution in [-0.4, -0.2) is 33.6 Å². The molecule has 0 bridgehead atoms. The van der Waals surface area contributed by atoms with E-state index >= 15 is 0 Å². The largest absolute Gasteiger partial charge is 0.308 e. The quantitative estimate of drug-likeness (QED) is 0.177. The lowest BCUT2D eigenvalue weighted by Gasteiger charge is -2.11. The van der Waals surface area contributed by atoms with Crippen molar-refractivity contribution in [2.75, 3.05) is 0 Å². The second kappa shape index (κ2) is 12.3. The first-order chi connectivity index (χ1) is 28.3. The van der Waals surface area contributed by atoms with E-state index in [-0.39, 0.29) is 0 Å². The van der Waals surface area contributed by atoms with E-state index in [0.29, 0.717) is 17.6 Å². The van der Waals surface area contributed by atoms with Crippen molar-refractivity contribution in [3.8, 4) is 40.1 Å². The number of hydrogen-bond acceptors (Lipinski definition) is 4. The van der Waals surface area contributed by atoms with Gasteiger partial charge in [0.15, 0.2) is 11.6 Å². The van der Waals surface area contributed by atoms with Gasteiger partial charge in [0.2, 0.25) is 5.95 Å². The molecule has 7 heteroatoms. The molecule has 5 aromatic heterocycles. The van der Waals surface area contributed by atoms with Crippen LogP contribution in [0.2, 0.25) is 0 Å². The molecule has 12 aromatic rings. The number of benzene rings is 7. The fourth-order valence-corrected chi connectivity index (χ4v) is 8.57. The minimum Gasteiger partial charge on any atom is -0.308 e. The van der Waals surface area contributed by atoms with Gasteiger partial charge in [-0.2, -0.15) is 9.97 Å². The molecule has 266 valence electrons. The minimum absolute atomic E-state index is 0.567. The molecule has 5 heterocycles. The van der Waals surface area contributed by atoms with Crippen LogP contribution in [-0.2, 0) is 0 Å². The van der Waals surface area contributed by atoms with E-state index in [1.807, 2.05) is 60.7 Å². The SMILES string of the molecule is c1ccc(-c2nc(-c3ccccc3)nc(-n3c4ccccc4c4cc(-n5c6ccccc6c6cc7c(nc65)c5ccccc5n7-c5ccccc5)ccc43)n2)cc1. The number of nitrogens with zero attached hydrogens (tertiary/aromatic N) is 7. The smallest absolute Gasteiger partial charge is 0.238 e. The second-order valence-electron chi connectivity index (χ2n) is 14.3. The third-order valence-electron chi connectivity index (χ3n) is 11.1. The molecule has 7 nitrogen and oxygen atoms in total. The summed E-state index contributed by atoms with van der Waals surface area (Å²) in [4.78, 5) is 20.8. The van der Waals surface area contributed by atoms with Crippen molar-refractivity contribution in [3.63, 3.8) is 0 Å². The van der Waals surface area contributed by atoms with Gasteiger partial charge in [-0.15, -0.1) is 0 Å². The van der Waals surface area contributed by atoms with Crippen molar-refractivity contribution in [1.82, 2.24) is 33.6 Å². The molecule has 0 atom stereocenters. The van der Waals surface area contributed by atoms with Crippen LogP contribution in [0.15, 0.2) is 188 Å². The standard InChI is InChI=1S/C50H31N7/c1-4-16-32(17-5-1)47-52-48(33-18-6-2-7-19-33)54-50(53-47)57-42-26-14-10-22-36(42)39-30-35(28-29-44(39)57)56-41-25-13-11-23-37(41)40-31-45-46(51-49(40)56)38-24-12-15-27-43(38)55(45)34-20-8-3-9-21-34/h1-31H. The maximum atomic E-state index is 5.55. The third-order valence-corrected chi connectivity index (χ3v) is 11.1. The molecule has 57 heavy (non-hydrogen) atoms. The van der Waals surface area contributed by atoms with Crippen LogP contribution in [0.1, 0.15) is 0 Å². The summed E-state index contributed by atoms with van der Waals surface area (Å²) in [6, 6.07) is 65.5. The fourth-order valence-electron chi connectivity index (χ4n) is 8.57. The number of rotatable bonds is 5. The Hall–Kier alpha value is -7.90. The first-order valence-corrected chi connectivity index (χ1v) is 19.1. The van der Waals surface area contributed by atoms with Crippen LogP contribution in [0.3, 0.4) is 0 Å². The van der Waals surface area contributed by atoms with Crippen LogP contribution in [0.4, 0.5) is 0 Å². The first kappa shape index (κ1) is 31.5. The number of pyridine rings is 1. The van der Waals surface area contributed by atoms with Crippen molar-refractivity contribution in [1.29, 1.82) is 0 Å². The summed E-state index contributed by atoms with van der Waals surface area (Å²) < 4.78 is 6.81. The van der Waals surface area contributed by atoms with Gasteiger partial charge in [0.25, 0.3) is 0 Å². The Morgan fingerprint density at radius 1 is 0.298 bits per heavy atom. The van der Waals surface area contributed by atoms with Crippen LogP contribution in [0, 0.1) is 0 Å². The predicted octanol–water partition coefficient (Wildman–Crippen LogP) is 11.9. The highest BCUT2D eigenvalue weighted by molar-refractivity contribution is 6.16. The van der Waals surface area contributed by atoms with Crippen LogP contribution in [0.5, 0.6) is 0 Å². The van der Waals surface area contributed by atoms with Gasteiger partial charge in [-0.05, 0) is 54.6 Å². The second-order valence-corrected chi connectivity index (χ2v) is 14.3. The summed E-state index contributed by atoms with van der Waals surface area (Å²) in [6.07, 6.45) is 0. The van der Waals surface area contributed by atoms with Crippen LogP contribution in [0.25, 0.3) is 106 Å². The minimum atomic E-state index is 0.567. The summed E-state index contributed by atoms with van der Waals surface area (Å²) in [5, 5.41) is 5.59. The lowest BCUT2D eigenvalue weighted by Crippen LogP contribution is -2.06. The average Bonchev–Trinajstić information content (AvgIpc) is 3.91. The zero-order valence-electron chi connectivity index (χ0n) is 30.5. The molecule has 0 unspecified atom stereocenters.